The number of carboxylic acids is 1. The maximum Gasteiger partial charge on any atom is 0.324 e. The predicted molar refractivity (Wildman–Crippen MR) is 61.4 cm³/mol. The monoisotopic (exact) mass is 256 g/mol. The highest BCUT2D eigenvalue weighted by Crippen LogP contribution is 2.24. The van der Waals surface area contributed by atoms with Crippen molar-refractivity contribution in [2.75, 3.05) is 5.75 Å². The van der Waals surface area contributed by atoms with Crippen molar-refractivity contribution < 1.29 is 18.3 Å². The molecule has 0 radical (unpaired) electrons. The Kier molecular flexibility index (Phi) is 4.54. The van der Waals surface area contributed by atoms with E-state index in [0.29, 0.717) is 5.75 Å². The van der Waals surface area contributed by atoms with Gasteiger partial charge in [-0.05, 0) is 19.6 Å². The molecule has 0 fully saturated rings. The molecule has 7 heteroatoms. The van der Waals surface area contributed by atoms with E-state index in [9.17, 15) is 13.2 Å². The van der Waals surface area contributed by atoms with Gasteiger partial charge in [-0.15, -0.1) is 11.8 Å². The van der Waals surface area contributed by atoms with E-state index < -0.39 is 20.6 Å². The molecule has 14 heavy (non-hydrogen) atoms. The van der Waals surface area contributed by atoms with Crippen molar-refractivity contribution >= 4 is 43.3 Å². The average Bonchev–Trinajstić information content (AvgIpc) is 2.04. The van der Waals surface area contributed by atoms with E-state index in [1.807, 2.05) is 0 Å². The predicted octanol–water partition coefficient (Wildman–Crippen LogP) is 1.30. The average molecular weight is 256 g/mol. The summed E-state index contributed by atoms with van der Waals surface area (Å²) >= 11 is 5.63. The lowest BCUT2D eigenvalue weighted by Crippen LogP contribution is -2.43. The zero-order valence-electron chi connectivity index (χ0n) is 8.10. The van der Waals surface area contributed by atoms with Crippen LogP contribution in [0.5, 0.6) is 0 Å². The van der Waals surface area contributed by atoms with Crippen LogP contribution in [0.1, 0.15) is 20.8 Å². The van der Waals surface area contributed by atoms with Gasteiger partial charge in [0.15, 0.2) is 8.28 Å². The zero-order chi connectivity index (χ0) is 11.6. The first-order valence-electron chi connectivity index (χ1n) is 3.82. The lowest BCUT2D eigenvalue weighted by Gasteiger charge is -2.19. The fourth-order valence-electron chi connectivity index (χ4n) is 0.519. The van der Waals surface area contributed by atoms with Gasteiger partial charge >= 0.3 is 5.97 Å². The van der Waals surface area contributed by atoms with Crippen LogP contribution in [0.4, 0.5) is 0 Å². The first-order chi connectivity index (χ1) is 6.17. The van der Waals surface area contributed by atoms with Crippen molar-refractivity contribution in [3.63, 3.8) is 0 Å². The molecule has 0 bridgehead atoms. The standard InChI is InChI=1S/C7H12O4S3/c1-4-13-6(12)14(10,11)7(2,3)5(8)9/h4H2,1-3H3,(H,8,9). The molecule has 0 amide bonds. The number of aliphatic carboxylic acids is 1. The number of thioether (sulfide) groups is 1. The van der Waals surface area contributed by atoms with Gasteiger partial charge in [0.2, 0.25) is 9.84 Å². The number of carbonyl (C=O) groups is 1. The Bertz CT molecular complexity index is 342. The molecule has 0 saturated heterocycles. The summed E-state index contributed by atoms with van der Waals surface area (Å²) in [5, 5.41) is 8.75. The van der Waals surface area contributed by atoms with E-state index in [1.54, 1.807) is 6.92 Å². The van der Waals surface area contributed by atoms with E-state index >= 15 is 0 Å². The Morgan fingerprint density at radius 3 is 2.21 bits per heavy atom. The van der Waals surface area contributed by atoms with Crippen molar-refractivity contribution in [3.8, 4) is 0 Å². The number of hydrogen-bond donors (Lipinski definition) is 1. The van der Waals surface area contributed by atoms with E-state index in [0.717, 1.165) is 25.6 Å². The molecule has 0 rings (SSSR count). The molecule has 82 valence electrons. The van der Waals surface area contributed by atoms with Crippen LogP contribution in [-0.4, -0.2) is 33.5 Å². The van der Waals surface area contributed by atoms with Gasteiger partial charge in [0.1, 0.15) is 0 Å². The number of carboxylic acid groups (broad SMARTS) is 1. The van der Waals surface area contributed by atoms with Gasteiger partial charge in [-0.2, -0.15) is 0 Å². The lowest BCUT2D eigenvalue weighted by molar-refractivity contribution is -0.139. The minimum Gasteiger partial charge on any atom is -0.480 e. The molecule has 0 heterocycles. The summed E-state index contributed by atoms with van der Waals surface area (Å²) in [5.41, 5.74) is 0. The summed E-state index contributed by atoms with van der Waals surface area (Å²) in [5.74, 6) is -0.884. The molecule has 0 aromatic heterocycles. The third-order valence-corrected chi connectivity index (χ3v) is 6.17. The van der Waals surface area contributed by atoms with Crippen molar-refractivity contribution in [1.29, 1.82) is 0 Å². The van der Waals surface area contributed by atoms with Gasteiger partial charge in [-0.25, -0.2) is 8.42 Å². The Morgan fingerprint density at radius 2 is 1.93 bits per heavy atom. The smallest absolute Gasteiger partial charge is 0.324 e. The van der Waals surface area contributed by atoms with Crippen LogP contribution in [0.2, 0.25) is 0 Å². The molecule has 0 aliphatic carbocycles. The van der Waals surface area contributed by atoms with Crippen LogP contribution in [-0.2, 0) is 14.6 Å². The number of thiocarbonyl (C=S) groups is 1. The van der Waals surface area contributed by atoms with Crippen LogP contribution in [0.3, 0.4) is 0 Å². The fourth-order valence-corrected chi connectivity index (χ4v) is 3.98. The Balaban J connectivity index is 5.17. The molecule has 4 nitrogen and oxygen atoms in total. The van der Waals surface area contributed by atoms with Crippen molar-refractivity contribution in [2.24, 2.45) is 0 Å². The molecule has 0 spiro atoms. The normalized spacial score (nSPS) is 12.5. The summed E-state index contributed by atoms with van der Waals surface area (Å²) in [4.78, 5) is 10.7. The fraction of sp³-hybridized carbons (Fsp3) is 0.714. The molecular formula is C7H12O4S3. The van der Waals surface area contributed by atoms with E-state index in [4.69, 9.17) is 5.11 Å². The van der Waals surface area contributed by atoms with Crippen LogP contribution < -0.4 is 0 Å². The summed E-state index contributed by atoms with van der Waals surface area (Å²) in [6.45, 7) is 4.01. The molecule has 0 atom stereocenters. The maximum absolute atomic E-state index is 11.6. The van der Waals surface area contributed by atoms with Gasteiger partial charge in [0.25, 0.3) is 0 Å². The van der Waals surface area contributed by atoms with Crippen LogP contribution in [0, 0.1) is 0 Å². The van der Waals surface area contributed by atoms with E-state index in [2.05, 4.69) is 12.2 Å². The summed E-state index contributed by atoms with van der Waals surface area (Å²) < 4.78 is 21.2. The molecule has 0 aromatic carbocycles. The molecule has 1 N–H and O–H groups in total. The highest BCUT2D eigenvalue weighted by Gasteiger charge is 2.44. The second-order valence-corrected chi connectivity index (χ2v) is 7.90. The molecule has 0 aromatic rings. The SMILES string of the molecule is CCSC(=S)S(=O)(=O)C(C)(C)C(=O)O. The highest BCUT2D eigenvalue weighted by molar-refractivity contribution is 8.44. The third-order valence-electron chi connectivity index (χ3n) is 1.67. The molecule has 0 aliphatic rings. The largest absolute Gasteiger partial charge is 0.480 e. The summed E-state index contributed by atoms with van der Waals surface area (Å²) in [6, 6.07) is 0. The molecule has 0 saturated carbocycles. The maximum atomic E-state index is 11.6. The Morgan fingerprint density at radius 1 is 1.50 bits per heavy atom. The summed E-state index contributed by atoms with van der Waals surface area (Å²) in [6.07, 6.45) is 0. The third kappa shape index (κ3) is 2.46. The first-order valence-corrected chi connectivity index (χ1v) is 6.70. The van der Waals surface area contributed by atoms with Crippen molar-refractivity contribution in [1.82, 2.24) is 0 Å². The van der Waals surface area contributed by atoms with Gasteiger partial charge < -0.3 is 5.11 Å². The summed E-state index contributed by atoms with van der Waals surface area (Å²) in [7, 11) is -3.91. The number of hydrogen-bond acceptors (Lipinski definition) is 5. The first kappa shape index (κ1) is 13.9. The van der Waals surface area contributed by atoms with Gasteiger partial charge in [0, 0.05) is 0 Å². The second kappa shape index (κ2) is 4.59. The Labute approximate surface area is 93.0 Å². The minimum absolute atomic E-state index is 0.257. The van der Waals surface area contributed by atoms with Gasteiger partial charge in [-0.1, -0.05) is 19.1 Å². The van der Waals surface area contributed by atoms with Gasteiger partial charge in [0.05, 0.1) is 0 Å². The minimum atomic E-state index is -3.91. The quantitative estimate of drug-likeness (QED) is 0.767. The zero-order valence-corrected chi connectivity index (χ0v) is 10.6. The Hall–Kier alpha value is -0.140. The lowest BCUT2D eigenvalue weighted by atomic mass is 10.2. The number of sulfone groups is 1. The van der Waals surface area contributed by atoms with Crippen LogP contribution in [0.15, 0.2) is 0 Å². The highest BCUT2D eigenvalue weighted by atomic mass is 32.3. The van der Waals surface area contributed by atoms with Crippen molar-refractivity contribution in [2.45, 2.75) is 25.5 Å². The molecule has 0 unspecified atom stereocenters. The van der Waals surface area contributed by atoms with Crippen molar-refractivity contribution in [3.05, 3.63) is 0 Å². The molecule has 0 aliphatic heterocycles. The molecular weight excluding hydrogens is 244 g/mol. The van der Waals surface area contributed by atoms with E-state index in [1.165, 1.54) is 0 Å². The van der Waals surface area contributed by atoms with Gasteiger partial charge in [-0.3, -0.25) is 4.79 Å². The van der Waals surface area contributed by atoms with Crippen LogP contribution >= 0.6 is 24.0 Å². The second-order valence-electron chi connectivity index (χ2n) is 3.00. The van der Waals surface area contributed by atoms with Crippen LogP contribution in [0.25, 0.3) is 0 Å². The topological polar surface area (TPSA) is 71.4 Å². The van der Waals surface area contributed by atoms with E-state index in [-0.39, 0.29) is 3.53 Å². The number of rotatable bonds is 3.